The largest absolute Gasteiger partial charge is 0.496 e. The van der Waals surface area contributed by atoms with E-state index >= 15 is 0 Å². The van der Waals surface area contributed by atoms with E-state index in [0.29, 0.717) is 11.3 Å². The number of methoxy groups -OCH3 is 1. The molecule has 1 atom stereocenters. The van der Waals surface area contributed by atoms with E-state index in [2.05, 4.69) is 11.4 Å². The molecular weight excluding hydrogens is 430 g/mol. The van der Waals surface area contributed by atoms with E-state index in [1.54, 1.807) is 30.3 Å². The smallest absolute Gasteiger partial charge is 0.328 e. The molecule has 0 saturated carbocycles. The zero-order valence-electron chi connectivity index (χ0n) is 19.8. The Bertz CT molecular complexity index is 1310. The highest BCUT2D eigenvalue weighted by Crippen LogP contribution is 2.21. The van der Waals surface area contributed by atoms with Crippen molar-refractivity contribution in [3.05, 3.63) is 93.9 Å². The summed E-state index contributed by atoms with van der Waals surface area (Å²) >= 11 is 0. The molecule has 3 aromatic carbocycles. The third-order valence-electron chi connectivity index (χ3n) is 6.10. The second-order valence-corrected chi connectivity index (χ2v) is 8.36. The first-order valence-electron chi connectivity index (χ1n) is 11.4. The number of imidazole rings is 1. The van der Waals surface area contributed by atoms with E-state index in [1.165, 1.54) is 5.56 Å². The molecule has 0 saturated heterocycles. The summed E-state index contributed by atoms with van der Waals surface area (Å²) in [5.41, 5.74) is 4.58. The van der Waals surface area contributed by atoms with Crippen molar-refractivity contribution >= 4 is 11.0 Å². The van der Waals surface area contributed by atoms with Gasteiger partial charge in [-0.2, -0.15) is 0 Å². The first-order chi connectivity index (χ1) is 16.5. The Kier molecular flexibility index (Phi) is 7.35. The minimum Gasteiger partial charge on any atom is -0.496 e. The lowest BCUT2D eigenvalue weighted by atomic mass is 10.1. The van der Waals surface area contributed by atoms with Crippen molar-refractivity contribution < 1.29 is 14.6 Å². The third-order valence-corrected chi connectivity index (χ3v) is 6.10. The van der Waals surface area contributed by atoms with Gasteiger partial charge >= 0.3 is 5.69 Å². The van der Waals surface area contributed by atoms with Crippen LogP contribution in [-0.2, 0) is 27.1 Å². The van der Waals surface area contributed by atoms with Gasteiger partial charge in [0.2, 0.25) is 0 Å². The second-order valence-electron chi connectivity index (χ2n) is 8.36. The van der Waals surface area contributed by atoms with Gasteiger partial charge in [-0.15, -0.1) is 0 Å². The Morgan fingerprint density at radius 2 is 1.71 bits per heavy atom. The molecule has 0 aliphatic rings. The number of ether oxygens (including phenoxy) is 2. The van der Waals surface area contributed by atoms with Crippen molar-refractivity contribution in [1.29, 1.82) is 0 Å². The molecule has 4 aromatic rings. The summed E-state index contributed by atoms with van der Waals surface area (Å²) in [5.74, 6) is 1.62. The first kappa shape index (κ1) is 23.6. The molecule has 7 heteroatoms. The van der Waals surface area contributed by atoms with Crippen LogP contribution in [0.3, 0.4) is 0 Å². The van der Waals surface area contributed by atoms with Gasteiger partial charge in [0.15, 0.2) is 0 Å². The summed E-state index contributed by atoms with van der Waals surface area (Å²) in [5, 5.41) is 14.1. The van der Waals surface area contributed by atoms with Crippen molar-refractivity contribution in [2.24, 2.45) is 14.1 Å². The van der Waals surface area contributed by atoms with Gasteiger partial charge in [0.25, 0.3) is 0 Å². The monoisotopic (exact) mass is 461 g/mol. The number of nitrogens with one attached hydrogen (secondary N) is 1. The third kappa shape index (κ3) is 5.16. The fraction of sp³-hybridized carbons (Fsp3) is 0.296. The number of hydrogen-bond acceptors (Lipinski definition) is 5. The minimum atomic E-state index is -0.795. The van der Waals surface area contributed by atoms with Gasteiger partial charge in [-0.25, -0.2) is 4.79 Å². The number of aliphatic hydroxyl groups excluding tert-OH is 1. The van der Waals surface area contributed by atoms with Crippen LogP contribution in [0.25, 0.3) is 11.0 Å². The van der Waals surface area contributed by atoms with Crippen LogP contribution >= 0.6 is 0 Å². The molecule has 0 unspecified atom stereocenters. The SMILES string of the molecule is COc1ccccc1CCNCc1ccc(OC[C@@H](O)c2ccc3c(c2)n(C)c(=O)n3C)cc1. The normalized spacial score (nSPS) is 12.1. The average Bonchev–Trinajstić information content (AvgIpc) is 3.09. The lowest BCUT2D eigenvalue weighted by Crippen LogP contribution is -2.19. The van der Waals surface area contributed by atoms with Crippen LogP contribution < -0.4 is 20.5 Å². The van der Waals surface area contributed by atoms with Crippen LogP contribution in [0.4, 0.5) is 0 Å². The van der Waals surface area contributed by atoms with E-state index in [4.69, 9.17) is 9.47 Å². The topological polar surface area (TPSA) is 77.7 Å². The van der Waals surface area contributed by atoms with Gasteiger partial charge in [0.1, 0.15) is 24.2 Å². The molecule has 4 rings (SSSR count). The van der Waals surface area contributed by atoms with Gasteiger partial charge in [0, 0.05) is 20.6 Å². The van der Waals surface area contributed by atoms with Crippen molar-refractivity contribution in [3.8, 4) is 11.5 Å². The van der Waals surface area contributed by atoms with Crippen molar-refractivity contribution in [2.75, 3.05) is 20.3 Å². The van der Waals surface area contributed by atoms with Crippen LogP contribution in [0.1, 0.15) is 22.8 Å². The summed E-state index contributed by atoms with van der Waals surface area (Å²) in [6.07, 6.45) is 0.0995. The lowest BCUT2D eigenvalue weighted by Gasteiger charge is -2.14. The standard InChI is InChI=1S/C27H31N3O4/c1-29-23-13-10-21(16-24(23)30(2)27(29)32)25(31)18-34-22-11-8-19(9-12-22)17-28-15-14-20-6-4-5-7-26(20)33-3/h4-13,16,25,28,31H,14-15,17-18H2,1-3H3/t25-/m1/s1. The Morgan fingerprint density at radius 3 is 2.47 bits per heavy atom. The van der Waals surface area contributed by atoms with Gasteiger partial charge in [0.05, 0.1) is 18.1 Å². The Morgan fingerprint density at radius 1 is 0.971 bits per heavy atom. The van der Waals surface area contributed by atoms with Crippen LogP contribution in [0.2, 0.25) is 0 Å². The van der Waals surface area contributed by atoms with Crippen LogP contribution in [0.5, 0.6) is 11.5 Å². The number of aryl methyl sites for hydroxylation is 2. The minimum absolute atomic E-state index is 0.0905. The molecule has 7 nitrogen and oxygen atoms in total. The molecule has 178 valence electrons. The molecule has 0 fully saturated rings. The van der Waals surface area contributed by atoms with Crippen LogP contribution in [0.15, 0.2) is 71.5 Å². The average molecular weight is 462 g/mol. The molecule has 0 radical (unpaired) electrons. The predicted octanol–water partition coefficient (Wildman–Crippen LogP) is 3.33. The van der Waals surface area contributed by atoms with Crippen molar-refractivity contribution in [1.82, 2.24) is 14.5 Å². The molecule has 2 N–H and O–H groups in total. The highest BCUT2D eigenvalue weighted by Gasteiger charge is 2.13. The molecule has 0 spiro atoms. The molecule has 0 aliphatic carbocycles. The van der Waals surface area contributed by atoms with Crippen LogP contribution in [-0.4, -0.2) is 34.5 Å². The number of hydrogen-bond donors (Lipinski definition) is 2. The maximum absolute atomic E-state index is 12.1. The zero-order chi connectivity index (χ0) is 24.1. The van der Waals surface area contributed by atoms with E-state index in [0.717, 1.165) is 41.9 Å². The molecule has 1 heterocycles. The Balaban J connectivity index is 1.27. The summed E-state index contributed by atoms with van der Waals surface area (Å²) in [4.78, 5) is 12.1. The van der Waals surface area contributed by atoms with E-state index in [9.17, 15) is 9.90 Å². The van der Waals surface area contributed by atoms with E-state index < -0.39 is 6.10 Å². The fourth-order valence-electron chi connectivity index (χ4n) is 4.07. The fourth-order valence-corrected chi connectivity index (χ4v) is 4.07. The van der Waals surface area contributed by atoms with Gasteiger partial charge in [-0.3, -0.25) is 9.13 Å². The molecule has 0 aliphatic heterocycles. The van der Waals surface area contributed by atoms with E-state index in [1.807, 2.05) is 60.7 Å². The van der Waals surface area contributed by atoms with Crippen molar-refractivity contribution in [3.63, 3.8) is 0 Å². The summed E-state index contributed by atoms with van der Waals surface area (Å²) in [6.45, 7) is 1.73. The Labute approximate surface area is 199 Å². The number of aromatic nitrogens is 2. The highest BCUT2D eigenvalue weighted by atomic mass is 16.5. The molecule has 0 amide bonds. The molecule has 0 bridgehead atoms. The number of nitrogens with zero attached hydrogens (tertiary/aromatic N) is 2. The first-order valence-corrected chi connectivity index (χ1v) is 11.4. The second kappa shape index (κ2) is 10.6. The van der Waals surface area contributed by atoms with Gasteiger partial charge in [-0.05, 0) is 60.0 Å². The summed E-state index contributed by atoms with van der Waals surface area (Å²) < 4.78 is 14.4. The predicted molar refractivity (Wildman–Crippen MR) is 133 cm³/mol. The molecule has 1 aromatic heterocycles. The maximum atomic E-state index is 12.1. The lowest BCUT2D eigenvalue weighted by molar-refractivity contribution is 0.108. The molecule has 34 heavy (non-hydrogen) atoms. The van der Waals surface area contributed by atoms with Gasteiger partial charge in [-0.1, -0.05) is 36.4 Å². The van der Waals surface area contributed by atoms with Crippen LogP contribution in [0, 0.1) is 0 Å². The number of benzene rings is 3. The highest BCUT2D eigenvalue weighted by molar-refractivity contribution is 5.77. The summed E-state index contributed by atoms with van der Waals surface area (Å²) in [7, 11) is 5.16. The quantitative estimate of drug-likeness (QED) is 0.354. The van der Waals surface area contributed by atoms with Gasteiger partial charge < -0.3 is 19.9 Å². The maximum Gasteiger partial charge on any atom is 0.328 e. The van der Waals surface area contributed by atoms with Crippen molar-refractivity contribution in [2.45, 2.75) is 19.1 Å². The number of fused-ring (bicyclic) bond motifs is 1. The number of para-hydroxylation sites is 1. The summed E-state index contributed by atoms with van der Waals surface area (Å²) in [6, 6.07) is 21.4. The Hall–Kier alpha value is -3.55. The number of aliphatic hydroxyl groups is 1. The number of rotatable bonds is 10. The van der Waals surface area contributed by atoms with E-state index in [-0.39, 0.29) is 12.3 Å². The zero-order valence-corrected chi connectivity index (χ0v) is 19.8. The molecular formula is C27H31N3O4.